The summed E-state index contributed by atoms with van der Waals surface area (Å²) in [5.74, 6) is 0. The Morgan fingerprint density at radius 3 is 2.33 bits per heavy atom. The molecule has 3 nitrogen and oxygen atoms in total. The molecule has 0 spiro atoms. The van der Waals surface area contributed by atoms with E-state index in [0.29, 0.717) is 12.8 Å². The van der Waals surface area contributed by atoms with Crippen molar-refractivity contribution < 1.29 is 10.2 Å². The van der Waals surface area contributed by atoms with Gasteiger partial charge in [0.15, 0.2) is 0 Å². The SMILES string of the molecule is CN(C)C(O)CCCO. The zero-order valence-corrected chi connectivity index (χ0v) is 6.04. The maximum atomic E-state index is 9.07. The molecule has 3 heteroatoms. The lowest BCUT2D eigenvalue weighted by atomic mass is 10.3. The monoisotopic (exact) mass is 133 g/mol. The third-order valence-corrected chi connectivity index (χ3v) is 1.22. The fourth-order valence-electron chi connectivity index (χ4n) is 0.532. The van der Waals surface area contributed by atoms with Gasteiger partial charge in [-0.3, -0.25) is 4.90 Å². The van der Waals surface area contributed by atoms with Gasteiger partial charge in [-0.25, -0.2) is 0 Å². The Kier molecular flexibility index (Phi) is 4.67. The Bertz CT molecular complexity index is 66.1. The molecule has 0 bridgehead atoms. The third-order valence-electron chi connectivity index (χ3n) is 1.22. The molecule has 0 aromatic heterocycles. The maximum Gasteiger partial charge on any atom is 0.106 e. The number of rotatable bonds is 4. The molecule has 0 aliphatic heterocycles. The minimum absolute atomic E-state index is 0.158. The van der Waals surface area contributed by atoms with Gasteiger partial charge in [0, 0.05) is 6.61 Å². The van der Waals surface area contributed by atoms with Crippen LogP contribution in [-0.4, -0.2) is 42.0 Å². The van der Waals surface area contributed by atoms with Gasteiger partial charge in [-0.2, -0.15) is 0 Å². The van der Waals surface area contributed by atoms with Crippen LogP contribution in [0.15, 0.2) is 0 Å². The minimum atomic E-state index is -0.405. The average Bonchev–Trinajstić information content (AvgIpc) is 1.82. The Morgan fingerprint density at radius 1 is 1.44 bits per heavy atom. The van der Waals surface area contributed by atoms with Crippen molar-refractivity contribution in [3.63, 3.8) is 0 Å². The highest BCUT2D eigenvalue weighted by Crippen LogP contribution is 1.97. The van der Waals surface area contributed by atoms with Crippen molar-refractivity contribution in [1.29, 1.82) is 0 Å². The van der Waals surface area contributed by atoms with Gasteiger partial charge in [-0.15, -0.1) is 0 Å². The minimum Gasteiger partial charge on any atom is -0.396 e. The van der Waals surface area contributed by atoms with E-state index in [1.807, 2.05) is 14.1 Å². The van der Waals surface area contributed by atoms with Crippen molar-refractivity contribution in [2.45, 2.75) is 19.1 Å². The van der Waals surface area contributed by atoms with Gasteiger partial charge in [0.2, 0.25) is 0 Å². The summed E-state index contributed by atoms with van der Waals surface area (Å²) in [4.78, 5) is 1.72. The number of aliphatic hydroxyl groups is 2. The molecule has 0 aliphatic carbocycles. The topological polar surface area (TPSA) is 43.7 Å². The van der Waals surface area contributed by atoms with E-state index in [9.17, 15) is 0 Å². The molecule has 0 saturated carbocycles. The fourth-order valence-corrected chi connectivity index (χ4v) is 0.532. The molecule has 1 unspecified atom stereocenters. The lowest BCUT2D eigenvalue weighted by Crippen LogP contribution is -2.27. The standard InChI is InChI=1S/C6H15NO2/c1-7(2)6(9)4-3-5-8/h6,8-9H,3-5H2,1-2H3. The van der Waals surface area contributed by atoms with Crippen molar-refractivity contribution >= 4 is 0 Å². The second-order valence-electron chi connectivity index (χ2n) is 2.31. The second-order valence-corrected chi connectivity index (χ2v) is 2.31. The van der Waals surface area contributed by atoms with Crippen molar-refractivity contribution in [1.82, 2.24) is 4.90 Å². The Morgan fingerprint density at radius 2 is 2.00 bits per heavy atom. The highest BCUT2D eigenvalue weighted by atomic mass is 16.3. The molecule has 0 fully saturated rings. The smallest absolute Gasteiger partial charge is 0.106 e. The molecule has 0 aromatic rings. The molecule has 0 saturated heterocycles. The van der Waals surface area contributed by atoms with E-state index in [1.165, 1.54) is 0 Å². The highest BCUT2D eigenvalue weighted by Gasteiger charge is 2.03. The van der Waals surface area contributed by atoms with Crippen LogP contribution in [0.25, 0.3) is 0 Å². The van der Waals surface area contributed by atoms with Crippen LogP contribution in [0, 0.1) is 0 Å². The van der Waals surface area contributed by atoms with Crippen LogP contribution in [0.2, 0.25) is 0 Å². The lowest BCUT2D eigenvalue weighted by Gasteiger charge is -2.17. The molecular formula is C6H15NO2. The first-order valence-corrected chi connectivity index (χ1v) is 3.14. The first-order chi connectivity index (χ1) is 4.18. The molecule has 0 aliphatic rings. The molecule has 0 rings (SSSR count). The van der Waals surface area contributed by atoms with E-state index in [4.69, 9.17) is 10.2 Å². The van der Waals surface area contributed by atoms with Gasteiger partial charge >= 0.3 is 0 Å². The summed E-state index contributed by atoms with van der Waals surface area (Å²) >= 11 is 0. The van der Waals surface area contributed by atoms with E-state index in [-0.39, 0.29) is 6.61 Å². The van der Waals surface area contributed by atoms with Crippen molar-refractivity contribution in [3.8, 4) is 0 Å². The first kappa shape index (κ1) is 8.88. The van der Waals surface area contributed by atoms with Crippen LogP contribution in [0.4, 0.5) is 0 Å². The highest BCUT2D eigenvalue weighted by molar-refractivity contribution is 4.49. The normalized spacial score (nSPS) is 14.3. The fraction of sp³-hybridized carbons (Fsp3) is 1.00. The van der Waals surface area contributed by atoms with Gasteiger partial charge in [-0.05, 0) is 26.9 Å². The van der Waals surface area contributed by atoms with Crippen LogP contribution in [0.1, 0.15) is 12.8 Å². The van der Waals surface area contributed by atoms with Gasteiger partial charge in [-0.1, -0.05) is 0 Å². The average molecular weight is 133 g/mol. The quantitative estimate of drug-likeness (QED) is 0.515. The molecule has 0 radical (unpaired) electrons. The van der Waals surface area contributed by atoms with Crippen molar-refractivity contribution in [2.24, 2.45) is 0 Å². The van der Waals surface area contributed by atoms with E-state index < -0.39 is 6.23 Å². The van der Waals surface area contributed by atoms with Crippen LogP contribution in [0.5, 0.6) is 0 Å². The third kappa shape index (κ3) is 4.39. The first-order valence-electron chi connectivity index (χ1n) is 3.14. The van der Waals surface area contributed by atoms with Gasteiger partial charge in [0.25, 0.3) is 0 Å². The zero-order valence-electron chi connectivity index (χ0n) is 6.04. The van der Waals surface area contributed by atoms with E-state index in [0.717, 1.165) is 0 Å². The van der Waals surface area contributed by atoms with Gasteiger partial charge < -0.3 is 10.2 Å². The molecule has 2 N–H and O–H groups in total. The number of hydrogen-bond donors (Lipinski definition) is 2. The van der Waals surface area contributed by atoms with E-state index >= 15 is 0 Å². The lowest BCUT2D eigenvalue weighted by molar-refractivity contribution is 0.0280. The molecule has 56 valence electrons. The summed E-state index contributed by atoms with van der Waals surface area (Å²) in [6.45, 7) is 0.158. The Balaban J connectivity index is 3.16. The van der Waals surface area contributed by atoms with Crippen LogP contribution >= 0.6 is 0 Å². The van der Waals surface area contributed by atoms with Gasteiger partial charge in [0.05, 0.1) is 0 Å². The predicted molar refractivity (Wildman–Crippen MR) is 36.0 cm³/mol. The number of aliphatic hydroxyl groups excluding tert-OH is 2. The summed E-state index contributed by atoms with van der Waals surface area (Å²) in [6.07, 6.45) is 0.903. The molecule has 1 atom stereocenters. The number of nitrogens with zero attached hydrogens (tertiary/aromatic N) is 1. The molecule has 0 aromatic carbocycles. The van der Waals surface area contributed by atoms with Crippen molar-refractivity contribution in [2.75, 3.05) is 20.7 Å². The summed E-state index contributed by atoms with van der Waals surface area (Å²) in [5, 5.41) is 17.4. The van der Waals surface area contributed by atoms with Crippen LogP contribution in [0.3, 0.4) is 0 Å². The van der Waals surface area contributed by atoms with E-state index in [2.05, 4.69) is 0 Å². The van der Waals surface area contributed by atoms with Crippen LogP contribution in [-0.2, 0) is 0 Å². The molecule has 0 heterocycles. The molecule has 9 heavy (non-hydrogen) atoms. The summed E-state index contributed by atoms with van der Waals surface area (Å²) in [5.41, 5.74) is 0. The Hall–Kier alpha value is -0.120. The van der Waals surface area contributed by atoms with Crippen LogP contribution < -0.4 is 0 Å². The molecular weight excluding hydrogens is 118 g/mol. The maximum absolute atomic E-state index is 9.07. The summed E-state index contributed by atoms with van der Waals surface area (Å²) in [6, 6.07) is 0. The number of hydrogen-bond acceptors (Lipinski definition) is 3. The van der Waals surface area contributed by atoms with E-state index in [1.54, 1.807) is 4.90 Å². The largest absolute Gasteiger partial charge is 0.396 e. The zero-order chi connectivity index (χ0) is 7.28. The summed E-state index contributed by atoms with van der Waals surface area (Å²) in [7, 11) is 3.62. The van der Waals surface area contributed by atoms with Crippen molar-refractivity contribution in [3.05, 3.63) is 0 Å². The molecule has 0 amide bonds. The van der Waals surface area contributed by atoms with Gasteiger partial charge in [0.1, 0.15) is 6.23 Å². The second kappa shape index (κ2) is 4.73. The predicted octanol–water partition coefficient (Wildman–Crippen LogP) is -0.361. The summed E-state index contributed by atoms with van der Waals surface area (Å²) < 4.78 is 0. The Labute approximate surface area is 55.9 Å².